The second-order valence-corrected chi connectivity index (χ2v) is 4.31. The van der Waals surface area contributed by atoms with Gasteiger partial charge in [0, 0.05) is 13.1 Å². The van der Waals surface area contributed by atoms with Crippen molar-refractivity contribution in [3.63, 3.8) is 0 Å². The fraction of sp³-hybridized carbons (Fsp3) is 0.333. The summed E-state index contributed by atoms with van der Waals surface area (Å²) >= 11 is 5.77. The smallest absolute Gasteiger partial charge is 0.341 e. The molecule has 1 aliphatic rings. The van der Waals surface area contributed by atoms with E-state index in [1.54, 1.807) is 11.2 Å². The van der Waals surface area contributed by atoms with Gasteiger partial charge in [-0.25, -0.2) is 9.97 Å². The first-order valence-corrected chi connectivity index (χ1v) is 5.81. The second kappa shape index (κ2) is 4.43. The van der Waals surface area contributed by atoms with Gasteiger partial charge in [-0.3, -0.25) is 10.1 Å². The van der Waals surface area contributed by atoms with Crippen LogP contribution in [0.15, 0.2) is 12.7 Å². The minimum absolute atomic E-state index is 0.165. The van der Waals surface area contributed by atoms with Crippen molar-refractivity contribution in [1.82, 2.24) is 24.7 Å². The summed E-state index contributed by atoms with van der Waals surface area (Å²) in [5.74, 6) is 0.939. The summed E-state index contributed by atoms with van der Waals surface area (Å²) in [5, 5.41) is 18.7. The van der Waals surface area contributed by atoms with Crippen LogP contribution in [0.3, 0.4) is 0 Å². The number of anilines is 1. The molecule has 0 aliphatic carbocycles. The van der Waals surface area contributed by atoms with Crippen LogP contribution in [0, 0.1) is 10.1 Å². The van der Waals surface area contributed by atoms with E-state index in [1.165, 1.54) is 6.33 Å². The first-order chi connectivity index (χ1) is 9.16. The molecular formula is C9H8ClN7O2. The monoisotopic (exact) mass is 281 g/mol. The lowest BCUT2D eigenvalue weighted by Crippen LogP contribution is -2.34. The molecule has 0 radical (unpaired) electrons. The Morgan fingerprint density at radius 1 is 1.37 bits per heavy atom. The normalized spacial score (nSPS) is 14.3. The highest BCUT2D eigenvalue weighted by Crippen LogP contribution is 2.32. The van der Waals surface area contributed by atoms with E-state index in [2.05, 4.69) is 20.2 Å². The summed E-state index contributed by atoms with van der Waals surface area (Å²) in [4.78, 5) is 19.9. The predicted octanol–water partition coefficient (Wildman–Crippen LogP) is 0.650. The highest BCUT2D eigenvalue weighted by molar-refractivity contribution is 6.31. The molecule has 98 valence electrons. The third-order valence-electron chi connectivity index (χ3n) is 2.88. The molecule has 0 fully saturated rings. The van der Waals surface area contributed by atoms with E-state index in [1.807, 2.05) is 4.57 Å². The van der Waals surface area contributed by atoms with E-state index in [-0.39, 0.29) is 16.7 Å². The fourth-order valence-corrected chi connectivity index (χ4v) is 2.18. The number of nitrogens with zero attached hydrogens (tertiary/aromatic N) is 7. The van der Waals surface area contributed by atoms with Gasteiger partial charge in [0.25, 0.3) is 0 Å². The van der Waals surface area contributed by atoms with Crippen molar-refractivity contribution in [2.45, 2.75) is 13.1 Å². The van der Waals surface area contributed by atoms with Crippen molar-refractivity contribution < 1.29 is 4.92 Å². The van der Waals surface area contributed by atoms with Gasteiger partial charge in [-0.15, -0.1) is 10.2 Å². The van der Waals surface area contributed by atoms with Crippen LogP contribution < -0.4 is 4.90 Å². The number of hydrogen-bond donors (Lipinski definition) is 0. The lowest BCUT2D eigenvalue weighted by Gasteiger charge is -2.27. The van der Waals surface area contributed by atoms with Gasteiger partial charge in [0.1, 0.15) is 12.7 Å². The quantitative estimate of drug-likeness (QED) is 0.452. The Balaban J connectivity index is 2.00. The standard InChI is InChI=1S/C9H8ClN7O2/c10-8-7(17(18)19)9(12-4-11-8)15-1-2-16-5-13-14-6(16)3-15/h4-5H,1-3H2. The molecule has 2 aromatic rings. The van der Waals surface area contributed by atoms with E-state index in [0.717, 1.165) is 5.82 Å². The number of hydrogen-bond acceptors (Lipinski definition) is 7. The van der Waals surface area contributed by atoms with Crippen LogP contribution in [-0.2, 0) is 13.1 Å². The highest BCUT2D eigenvalue weighted by Gasteiger charge is 2.28. The molecule has 0 spiro atoms. The van der Waals surface area contributed by atoms with E-state index in [9.17, 15) is 10.1 Å². The first kappa shape index (κ1) is 11.8. The van der Waals surface area contributed by atoms with Crippen molar-refractivity contribution in [2.24, 2.45) is 0 Å². The summed E-state index contributed by atoms with van der Waals surface area (Å²) in [6.07, 6.45) is 2.85. The molecule has 10 heteroatoms. The van der Waals surface area contributed by atoms with Crippen molar-refractivity contribution in [3.8, 4) is 0 Å². The zero-order chi connectivity index (χ0) is 13.4. The van der Waals surface area contributed by atoms with Crippen LogP contribution in [0.4, 0.5) is 11.5 Å². The van der Waals surface area contributed by atoms with E-state index in [0.29, 0.717) is 19.6 Å². The molecule has 0 atom stereocenters. The first-order valence-electron chi connectivity index (χ1n) is 5.43. The largest absolute Gasteiger partial charge is 0.348 e. The van der Waals surface area contributed by atoms with Crippen LogP contribution >= 0.6 is 11.6 Å². The molecule has 0 aromatic carbocycles. The maximum atomic E-state index is 11.1. The number of halogens is 1. The van der Waals surface area contributed by atoms with Crippen LogP contribution in [0.1, 0.15) is 5.82 Å². The highest BCUT2D eigenvalue weighted by atomic mass is 35.5. The minimum atomic E-state index is -0.572. The molecule has 0 unspecified atom stereocenters. The fourth-order valence-electron chi connectivity index (χ4n) is 1.98. The van der Waals surface area contributed by atoms with Gasteiger partial charge in [0.05, 0.1) is 11.5 Å². The van der Waals surface area contributed by atoms with E-state index in [4.69, 9.17) is 11.6 Å². The van der Waals surface area contributed by atoms with Gasteiger partial charge in [-0.1, -0.05) is 11.6 Å². The summed E-state index contributed by atoms with van der Waals surface area (Å²) in [6.45, 7) is 1.61. The lowest BCUT2D eigenvalue weighted by molar-refractivity contribution is -0.384. The number of nitro groups is 1. The van der Waals surface area contributed by atoms with E-state index >= 15 is 0 Å². The molecule has 0 N–H and O–H groups in total. The third kappa shape index (κ3) is 1.97. The maximum Gasteiger partial charge on any atom is 0.348 e. The zero-order valence-electron chi connectivity index (χ0n) is 9.60. The Hall–Kier alpha value is -2.29. The van der Waals surface area contributed by atoms with Gasteiger partial charge >= 0.3 is 5.69 Å². The molecule has 0 saturated heterocycles. The molecule has 0 bridgehead atoms. The second-order valence-electron chi connectivity index (χ2n) is 3.96. The van der Waals surface area contributed by atoms with Crippen LogP contribution in [0.5, 0.6) is 0 Å². The summed E-state index contributed by atoms with van der Waals surface area (Å²) in [5.41, 5.74) is -0.280. The Kier molecular flexibility index (Phi) is 2.75. The van der Waals surface area contributed by atoms with Gasteiger partial charge in [0.15, 0.2) is 5.82 Å². The lowest BCUT2D eigenvalue weighted by atomic mass is 10.3. The predicted molar refractivity (Wildman–Crippen MR) is 64.8 cm³/mol. The summed E-state index contributed by atoms with van der Waals surface area (Å²) < 4.78 is 1.89. The molecular weight excluding hydrogens is 274 g/mol. The van der Waals surface area contributed by atoms with E-state index < -0.39 is 4.92 Å². The minimum Gasteiger partial charge on any atom is -0.341 e. The molecule has 0 saturated carbocycles. The van der Waals surface area contributed by atoms with Gasteiger partial charge in [0.2, 0.25) is 11.0 Å². The molecule has 3 rings (SSSR count). The third-order valence-corrected chi connectivity index (χ3v) is 3.16. The van der Waals surface area contributed by atoms with Gasteiger partial charge in [-0.2, -0.15) is 0 Å². The number of fused-ring (bicyclic) bond motifs is 1. The Morgan fingerprint density at radius 3 is 3.00 bits per heavy atom. The number of aromatic nitrogens is 5. The van der Waals surface area contributed by atoms with Crippen LogP contribution in [-0.4, -0.2) is 36.2 Å². The Labute approximate surface area is 112 Å². The van der Waals surface area contributed by atoms with Crippen molar-refractivity contribution >= 4 is 23.1 Å². The molecule has 1 aliphatic heterocycles. The van der Waals surface area contributed by atoms with Crippen LogP contribution in [0.2, 0.25) is 5.15 Å². The summed E-state index contributed by atoms with van der Waals surface area (Å²) in [7, 11) is 0. The van der Waals surface area contributed by atoms with Gasteiger partial charge in [-0.05, 0) is 0 Å². The molecule has 2 aromatic heterocycles. The maximum absolute atomic E-state index is 11.1. The van der Waals surface area contributed by atoms with Crippen molar-refractivity contribution in [2.75, 3.05) is 11.4 Å². The topological polar surface area (TPSA) is 103 Å². The van der Waals surface area contributed by atoms with Gasteiger partial charge < -0.3 is 9.47 Å². The Bertz CT molecular complexity index is 643. The van der Waals surface area contributed by atoms with Crippen LogP contribution in [0.25, 0.3) is 0 Å². The molecule has 0 amide bonds. The number of rotatable bonds is 2. The Morgan fingerprint density at radius 2 is 2.21 bits per heavy atom. The molecule has 3 heterocycles. The summed E-state index contributed by atoms with van der Waals surface area (Å²) in [6, 6.07) is 0. The molecule has 9 nitrogen and oxygen atoms in total. The van der Waals surface area contributed by atoms with Crippen molar-refractivity contribution in [3.05, 3.63) is 33.7 Å². The average Bonchev–Trinajstić information content (AvgIpc) is 2.85. The SMILES string of the molecule is O=[N+]([O-])c1c(Cl)ncnc1N1CCn2cnnc2C1. The average molecular weight is 282 g/mol. The molecule has 19 heavy (non-hydrogen) atoms. The van der Waals surface area contributed by atoms with Crippen molar-refractivity contribution in [1.29, 1.82) is 0 Å². The zero-order valence-corrected chi connectivity index (χ0v) is 10.4.